The van der Waals surface area contributed by atoms with Crippen molar-refractivity contribution >= 4 is 11.6 Å². The van der Waals surface area contributed by atoms with E-state index in [1.54, 1.807) is 12.1 Å². The summed E-state index contributed by atoms with van der Waals surface area (Å²) in [6, 6.07) is 13.1. The van der Waals surface area contributed by atoms with Crippen LogP contribution in [0.5, 0.6) is 5.75 Å². The first-order chi connectivity index (χ1) is 9.47. The number of aliphatic hydroxyl groups excluding tert-OH is 1. The van der Waals surface area contributed by atoms with Crippen LogP contribution < -0.4 is 4.74 Å². The van der Waals surface area contributed by atoms with E-state index in [9.17, 15) is 5.11 Å². The summed E-state index contributed by atoms with van der Waals surface area (Å²) in [5.41, 5.74) is 3.24. The molecule has 0 amide bonds. The van der Waals surface area contributed by atoms with Crippen molar-refractivity contribution in [3.8, 4) is 5.75 Å². The number of benzene rings is 2. The minimum absolute atomic E-state index is 0.351. The Morgan fingerprint density at radius 1 is 1.05 bits per heavy atom. The quantitative estimate of drug-likeness (QED) is 0.901. The average Bonchev–Trinajstić information content (AvgIpc) is 2.41. The van der Waals surface area contributed by atoms with Gasteiger partial charge in [-0.2, -0.15) is 0 Å². The van der Waals surface area contributed by atoms with Gasteiger partial charge < -0.3 is 9.84 Å². The van der Waals surface area contributed by atoms with Gasteiger partial charge in [0.05, 0.1) is 0 Å². The molecule has 0 saturated heterocycles. The highest BCUT2D eigenvalue weighted by molar-refractivity contribution is 6.30. The molecule has 0 aliphatic rings. The Labute approximate surface area is 125 Å². The first kappa shape index (κ1) is 14.9. The molecule has 0 aliphatic heterocycles. The fourth-order valence-corrected chi connectivity index (χ4v) is 2.22. The van der Waals surface area contributed by atoms with Gasteiger partial charge in [-0.3, -0.25) is 0 Å². The van der Waals surface area contributed by atoms with Crippen LogP contribution in [0.3, 0.4) is 0 Å². The Morgan fingerprint density at radius 3 is 2.45 bits per heavy atom. The van der Waals surface area contributed by atoms with Crippen LogP contribution in [0.2, 0.25) is 5.02 Å². The molecule has 1 N–H and O–H groups in total. The smallest absolute Gasteiger partial charge is 0.126 e. The highest BCUT2D eigenvalue weighted by Crippen LogP contribution is 2.25. The van der Waals surface area contributed by atoms with E-state index in [1.807, 2.05) is 44.2 Å². The second-order valence-electron chi connectivity index (χ2n) is 5.07. The first-order valence-corrected chi connectivity index (χ1v) is 7.02. The number of ether oxygens (including phenoxy) is 1. The molecule has 0 aliphatic carbocycles. The lowest BCUT2D eigenvalue weighted by atomic mass is 10.00. The molecule has 0 fully saturated rings. The summed E-state index contributed by atoms with van der Waals surface area (Å²) in [6.45, 7) is 5.94. The van der Waals surface area contributed by atoms with Gasteiger partial charge in [0.2, 0.25) is 0 Å². The van der Waals surface area contributed by atoms with Crippen LogP contribution in [0.1, 0.15) is 29.7 Å². The molecule has 2 aromatic rings. The second-order valence-corrected chi connectivity index (χ2v) is 5.51. The monoisotopic (exact) mass is 290 g/mol. The zero-order chi connectivity index (χ0) is 14.7. The largest absolute Gasteiger partial charge is 0.488 e. The molecule has 2 rings (SSSR count). The Morgan fingerprint density at radius 2 is 1.80 bits per heavy atom. The first-order valence-electron chi connectivity index (χ1n) is 6.65. The van der Waals surface area contributed by atoms with E-state index in [2.05, 4.69) is 6.92 Å². The van der Waals surface area contributed by atoms with Crippen molar-refractivity contribution in [1.82, 2.24) is 0 Å². The van der Waals surface area contributed by atoms with E-state index in [4.69, 9.17) is 16.3 Å². The minimum atomic E-state index is -0.673. The van der Waals surface area contributed by atoms with E-state index in [0.717, 1.165) is 11.1 Å². The number of aliphatic hydroxyl groups is 1. The van der Waals surface area contributed by atoms with Gasteiger partial charge in [-0.15, -0.1) is 0 Å². The number of hydrogen-bond acceptors (Lipinski definition) is 2. The van der Waals surface area contributed by atoms with E-state index in [0.29, 0.717) is 10.8 Å². The molecule has 3 heteroatoms. The van der Waals surface area contributed by atoms with Crippen molar-refractivity contribution in [1.29, 1.82) is 0 Å². The summed E-state index contributed by atoms with van der Waals surface area (Å²) in [7, 11) is 0. The Balaban J connectivity index is 2.11. The zero-order valence-corrected chi connectivity index (χ0v) is 12.7. The van der Waals surface area contributed by atoms with Crippen LogP contribution in [0.25, 0.3) is 0 Å². The van der Waals surface area contributed by atoms with Gasteiger partial charge in [-0.05, 0) is 55.7 Å². The third-order valence-electron chi connectivity index (χ3n) is 3.44. The highest BCUT2D eigenvalue weighted by atomic mass is 35.5. The molecular weight excluding hydrogens is 272 g/mol. The normalized spacial score (nSPS) is 13.8. The maximum atomic E-state index is 10.4. The zero-order valence-electron chi connectivity index (χ0n) is 11.9. The van der Waals surface area contributed by atoms with E-state index < -0.39 is 6.10 Å². The molecule has 0 heterocycles. The van der Waals surface area contributed by atoms with Crippen molar-refractivity contribution in [2.24, 2.45) is 0 Å². The van der Waals surface area contributed by atoms with E-state index in [-0.39, 0.29) is 6.10 Å². The maximum Gasteiger partial charge on any atom is 0.126 e. The van der Waals surface area contributed by atoms with Crippen LogP contribution in [0.15, 0.2) is 42.5 Å². The van der Waals surface area contributed by atoms with E-state index >= 15 is 0 Å². The summed E-state index contributed by atoms with van der Waals surface area (Å²) < 4.78 is 5.75. The molecular formula is C17H19ClO2. The molecule has 2 aromatic carbocycles. The number of halogens is 1. The van der Waals surface area contributed by atoms with Gasteiger partial charge >= 0.3 is 0 Å². The average molecular weight is 291 g/mol. The lowest BCUT2D eigenvalue weighted by Gasteiger charge is -2.21. The standard InChI is InChI=1S/C17H19ClO2/c1-11-7-8-14(9-12(11)2)17(19)13(3)20-16-6-4-5-15(18)10-16/h4-10,13,17,19H,1-3H3. The molecule has 0 spiro atoms. The summed E-state index contributed by atoms with van der Waals surface area (Å²) in [5, 5.41) is 11.0. The maximum absolute atomic E-state index is 10.4. The SMILES string of the molecule is Cc1ccc(C(O)C(C)Oc2cccc(Cl)c2)cc1C. The number of hydrogen-bond donors (Lipinski definition) is 1. The van der Waals surface area contributed by atoms with Gasteiger partial charge in [0, 0.05) is 5.02 Å². The van der Waals surface area contributed by atoms with Gasteiger partial charge in [-0.1, -0.05) is 35.9 Å². The summed E-state index contributed by atoms with van der Waals surface area (Å²) in [4.78, 5) is 0. The summed E-state index contributed by atoms with van der Waals surface area (Å²) >= 11 is 5.92. The van der Waals surface area contributed by atoms with Crippen molar-refractivity contribution in [2.45, 2.75) is 33.0 Å². The second kappa shape index (κ2) is 6.29. The van der Waals surface area contributed by atoms with Crippen molar-refractivity contribution in [3.63, 3.8) is 0 Å². The van der Waals surface area contributed by atoms with Crippen molar-refractivity contribution in [3.05, 3.63) is 64.2 Å². The third-order valence-corrected chi connectivity index (χ3v) is 3.67. The molecule has 0 aromatic heterocycles. The molecule has 0 bridgehead atoms. The minimum Gasteiger partial charge on any atom is -0.488 e. The van der Waals surface area contributed by atoms with E-state index in [1.165, 1.54) is 5.56 Å². The molecule has 2 atom stereocenters. The Kier molecular flexibility index (Phi) is 4.69. The number of aryl methyl sites for hydroxylation is 2. The lowest BCUT2D eigenvalue weighted by molar-refractivity contribution is 0.0467. The fraction of sp³-hybridized carbons (Fsp3) is 0.294. The predicted octanol–water partition coefficient (Wildman–Crippen LogP) is 4.46. The third kappa shape index (κ3) is 3.53. The number of rotatable bonds is 4. The van der Waals surface area contributed by atoms with Crippen molar-refractivity contribution < 1.29 is 9.84 Å². The fourth-order valence-electron chi connectivity index (χ4n) is 2.04. The summed E-state index contributed by atoms with van der Waals surface area (Å²) in [5.74, 6) is 0.660. The van der Waals surface area contributed by atoms with Gasteiger partial charge in [0.15, 0.2) is 0 Å². The molecule has 2 nitrogen and oxygen atoms in total. The van der Waals surface area contributed by atoms with Crippen LogP contribution >= 0.6 is 11.6 Å². The highest BCUT2D eigenvalue weighted by Gasteiger charge is 2.18. The lowest BCUT2D eigenvalue weighted by Crippen LogP contribution is -2.21. The molecule has 20 heavy (non-hydrogen) atoms. The van der Waals surface area contributed by atoms with Gasteiger partial charge in [0.1, 0.15) is 18.0 Å². The Bertz CT molecular complexity index is 595. The predicted molar refractivity (Wildman–Crippen MR) is 82.4 cm³/mol. The van der Waals surface area contributed by atoms with Crippen LogP contribution in [-0.2, 0) is 0 Å². The topological polar surface area (TPSA) is 29.5 Å². The molecule has 0 saturated carbocycles. The molecule has 0 radical (unpaired) electrons. The van der Waals surface area contributed by atoms with Gasteiger partial charge in [-0.25, -0.2) is 0 Å². The van der Waals surface area contributed by atoms with Crippen LogP contribution in [0.4, 0.5) is 0 Å². The van der Waals surface area contributed by atoms with Gasteiger partial charge in [0.25, 0.3) is 0 Å². The van der Waals surface area contributed by atoms with Crippen LogP contribution in [0, 0.1) is 13.8 Å². The Hall–Kier alpha value is -1.51. The van der Waals surface area contributed by atoms with Crippen molar-refractivity contribution in [2.75, 3.05) is 0 Å². The summed E-state index contributed by atoms with van der Waals surface area (Å²) in [6.07, 6.45) is -1.02. The van der Waals surface area contributed by atoms with Crippen LogP contribution in [-0.4, -0.2) is 11.2 Å². The molecule has 2 unspecified atom stereocenters. The molecule has 106 valence electrons.